The van der Waals surface area contributed by atoms with Crippen LogP contribution in [0.15, 0.2) is 63.8 Å². The van der Waals surface area contributed by atoms with E-state index in [1.54, 1.807) is 12.1 Å². The molecule has 0 unspecified atom stereocenters. The zero-order valence-corrected chi connectivity index (χ0v) is 12.3. The molecule has 1 aromatic heterocycles. The largest absolute Gasteiger partial charge is 0.465 e. The predicted octanol–water partition coefficient (Wildman–Crippen LogP) is 3.89. The van der Waals surface area contributed by atoms with Crippen LogP contribution in [0.3, 0.4) is 0 Å². The van der Waals surface area contributed by atoms with Gasteiger partial charge in [0.05, 0.1) is 23.4 Å². The number of fused-ring (bicyclic) bond motifs is 3. The molecule has 4 aromatic rings. The van der Waals surface area contributed by atoms with Gasteiger partial charge in [-0.2, -0.15) is 0 Å². The Labute approximate surface area is 130 Å². The van der Waals surface area contributed by atoms with E-state index in [-0.39, 0.29) is 5.43 Å². The van der Waals surface area contributed by atoms with Crippen LogP contribution < -0.4 is 5.43 Å². The summed E-state index contributed by atoms with van der Waals surface area (Å²) >= 11 is 0. The molecule has 0 saturated heterocycles. The molecular weight excluding hydrogens is 292 g/mol. The number of hydrogen-bond acceptors (Lipinski definition) is 4. The maximum atomic E-state index is 12.8. The molecular formula is C19H12O4. The van der Waals surface area contributed by atoms with Crippen molar-refractivity contribution < 1.29 is 13.9 Å². The average Bonchev–Trinajstić information content (AvgIpc) is 2.59. The van der Waals surface area contributed by atoms with Gasteiger partial charge in [-0.15, -0.1) is 0 Å². The van der Waals surface area contributed by atoms with E-state index >= 15 is 0 Å². The monoisotopic (exact) mass is 304 g/mol. The summed E-state index contributed by atoms with van der Waals surface area (Å²) in [5.41, 5.74) is 1.16. The summed E-state index contributed by atoms with van der Waals surface area (Å²) in [6.07, 6.45) is 0. The molecule has 112 valence electrons. The Morgan fingerprint density at radius 1 is 0.913 bits per heavy atom. The second-order valence-corrected chi connectivity index (χ2v) is 5.33. The van der Waals surface area contributed by atoms with Gasteiger partial charge in [0.15, 0.2) is 0 Å². The quantitative estimate of drug-likeness (QED) is 0.395. The first kappa shape index (κ1) is 13.5. The number of carbonyl (C=O) groups excluding carboxylic acids is 1. The third kappa shape index (κ3) is 2.07. The molecule has 0 amide bonds. The Bertz CT molecular complexity index is 1140. The van der Waals surface area contributed by atoms with Crippen LogP contribution >= 0.6 is 0 Å². The van der Waals surface area contributed by atoms with Gasteiger partial charge in [-0.3, -0.25) is 4.79 Å². The maximum Gasteiger partial charge on any atom is 0.337 e. The van der Waals surface area contributed by atoms with Gasteiger partial charge in [0, 0.05) is 0 Å². The molecule has 0 aliphatic carbocycles. The third-order valence-corrected chi connectivity index (χ3v) is 3.96. The minimum absolute atomic E-state index is 0.155. The number of esters is 1. The van der Waals surface area contributed by atoms with Crippen molar-refractivity contribution >= 4 is 38.7 Å². The van der Waals surface area contributed by atoms with Crippen molar-refractivity contribution in [1.82, 2.24) is 0 Å². The van der Waals surface area contributed by atoms with Crippen LogP contribution in [0.4, 0.5) is 0 Å². The summed E-state index contributed by atoms with van der Waals surface area (Å²) < 4.78 is 10.5. The molecule has 3 aromatic carbocycles. The normalized spacial score (nSPS) is 11.2. The average molecular weight is 304 g/mol. The molecule has 0 aliphatic heterocycles. The van der Waals surface area contributed by atoms with Crippen LogP contribution in [0.25, 0.3) is 32.7 Å². The number of benzene rings is 3. The molecule has 0 N–H and O–H groups in total. The topological polar surface area (TPSA) is 56.5 Å². The van der Waals surface area contributed by atoms with E-state index in [0.717, 1.165) is 10.8 Å². The van der Waals surface area contributed by atoms with Gasteiger partial charge in [-0.05, 0) is 41.1 Å². The number of hydrogen-bond donors (Lipinski definition) is 0. The van der Waals surface area contributed by atoms with E-state index in [1.165, 1.54) is 13.2 Å². The molecule has 4 nitrogen and oxygen atoms in total. The van der Waals surface area contributed by atoms with E-state index < -0.39 is 5.97 Å². The predicted molar refractivity (Wildman–Crippen MR) is 88.8 cm³/mol. The summed E-state index contributed by atoms with van der Waals surface area (Å²) in [6, 6.07) is 16.2. The van der Waals surface area contributed by atoms with Gasteiger partial charge in [0.1, 0.15) is 11.2 Å². The molecule has 23 heavy (non-hydrogen) atoms. The van der Waals surface area contributed by atoms with Crippen molar-refractivity contribution in [2.24, 2.45) is 0 Å². The van der Waals surface area contributed by atoms with Gasteiger partial charge in [-0.1, -0.05) is 24.3 Å². The summed E-state index contributed by atoms with van der Waals surface area (Å²) in [5.74, 6) is -0.482. The highest BCUT2D eigenvalue weighted by molar-refractivity contribution is 6.01. The van der Waals surface area contributed by atoms with Crippen LogP contribution in [-0.4, -0.2) is 13.1 Å². The van der Waals surface area contributed by atoms with E-state index in [1.807, 2.05) is 36.4 Å². The summed E-state index contributed by atoms with van der Waals surface area (Å²) in [4.78, 5) is 24.4. The highest BCUT2D eigenvalue weighted by Gasteiger charge is 2.12. The molecule has 0 radical (unpaired) electrons. The Kier molecular flexibility index (Phi) is 2.91. The van der Waals surface area contributed by atoms with E-state index in [9.17, 15) is 9.59 Å². The summed E-state index contributed by atoms with van der Waals surface area (Å²) in [7, 11) is 1.31. The van der Waals surface area contributed by atoms with Gasteiger partial charge in [-0.25, -0.2) is 4.79 Å². The fourth-order valence-corrected chi connectivity index (χ4v) is 2.79. The Hall–Kier alpha value is -3.14. The van der Waals surface area contributed by atoms with E-state index in [4.69, 9.17) is 9.15 Å². The van der Waals surface area contributed by atoms with E-state index in [0.29, 0.717) is 27.5 Å². The van der Waals surface area contributed by atoms with Gasteiger partial charge >= 0.3 is 5.97 Å². The van der Waals surface area contributed by atoms with Gasteiger partial charge in [0.2, 0.25) is 5.43 Å². The second-order valence-electron chi connectivity index (χ2n) is 5.33. The van der Waals surface area contributed by atoms with Gasteiger partial charge in [0.25, 0.3) is 0 Å². The lowest BCUT2D eigenvalue weighted by atomic mass is 10.0. The highest BCUT2D eigenvalue weighted by Crippen LogP contribution is 2.24. The number of carbonyl (C=O) groups is 1. The van der Waals surface area contributed by atoms with Crippen molar-refractivity contribution in [3.63, 3.8) is 0 Å². The molecule has 0 atom stereocenters. The summed E-state index contributed by atoms with van der Waals surface area (Å²) in [6.45, 7) is 0. The molecule has 0 spiro atoms. The molecule has 0 fully saturated rings. The van der Waals surface area contributed by atoms with Crippen LogP contribution in [0.2, 0.25) is 0 Å². The zero-order valence-electron chi connectivity index (χ0n) is 12.3. The van der Waals surface area contributed by atoms with Crippen molar-refractivity contribution in [2.45, 2.75) is 0 Å². The van der Waals surface area contributed by atoms with Crippen molar-refractivity contribution in [3.05, 3.63) is 70.4 Å². The highest BCUT2D eigenvalue weighted by atomic mass is 16.5. The molecule has 1 heterocycles. The van der Waals surface area contributed by atoms with Gasteiger partial charge < -0.3 is 9.15 Å². The standard InChI is InChI=1S/C19H12O4/c1-22-19(21)13-6-7-16-14(9-13)18(20)15-8-11-4-2-3-5-12(11)10-17(15)23-16/h2-10H,1H3. The van der Waals surface area contributed by atoms with Crippen LogP contribution in [0.1, 0.15) is 10.4 Å². The van der Waals surface area contributed by atoms with E-state index in [2.05, 4.69) is 0 Å². The van der Waals surface area contributed by atoms with Crippen LogP contribution in [0, 0.1) is 0 Å². The molecule has 4 rings (SSSR count). The first-order chi connectivity index (χ1) is 11.2. The lowest BCUT2D eigenvalue weighted by Gasteiger charge is -2.05. The van der Waals surface area contributed by atoms with Crippen molar-refractivity contribution in [1.29, 1.82) is 0 Å². The second kappa shape index (κ2) is 4.95. The number of methoxy groups -OCH3 is 1. The lowest BCUT2D eigenvalue weighted by molar-refractivity contribution is 0.0601. The fourth-order valence-electron chi connectivity index (χ4n) is 2.79. The first-order valence-corrected chi connectivity index (χ1v) is 7.15. The fraction of sp³-hybridized carbons (Fsp3) is 0.0526. The molecule has 4 heteroatoms. The van der Waals surface area contributed by atoms with Crippen LogP contribution in [0.5, 0.6) is 0 Å². The van der Waals surface area contributed by atoms with Crippen molar-refractivity contribution in [2.75, 3.05) is 7.11 Å². The Balaban J connectivity index is 2.11. The number of rotatable bonds is 1. The van der Waals surface area contributed by atoms with Crippen LogP contribution in [-0.2, 0) is 4.74 Å². The molecule has 0 bridgehead atoms. The smallest absolute Gasteiger partial charge is 0.337 e. The number of ether oxygens (including phenoxy) is 1. The third-order valence-electron chi connectivity index (χ3n) is 3.96. The maximum absolute atomic E-state index is 12.8. The Morgan fingerprint density at radius 2 is 1.61 bits per heavy atom. The Morgan fingerprint density at radius 3 is 2.35 bits per heavy atom. The zero-order chi connectivity index (χ0) is 16.0. The minimum atomic E-state index is -0.482. The van der Waals surface area contributed by atoms with Crippen molar-refractivity contribution in [3.8, 4) is 0 Å². The summed E-state index contributed by atoms with van der Waals surface area (Å²) in [5, 5.41) is 2.85. The first-order valence-electron chi connectivity index (χ1n) is 7.15. The molecule has 0 aliphatic rings. The SMILES string of the molecule is COC(=O)c1ccc2oc3cc4ccccc4cc3c(=O)c2c1. The molecule has 0 saturated carbocycles. The minimum Gasteiger partial charge on any atom is -0.465 e. The lowest BCUT2D eigenvalue weighted by Crippen LogP contribution is -2.06.